The number of ketones is 1. The first kappa shape index (κ1) is 21.4. The first-order valence-electron chi connectivity index (χ1n) is 9.59. The summed E-state index contributed by atoms with van der Waals surface area (Å²) >= 11 is 0. The van der Waals surface area contributed by atoms with Gasteiger partial charge in [0.25, 0.3) is 11.7 Å². The second kappa shape index (κ2) is 9.00. The van der Waals surface area contributed by atoms with Gasteiger partial charge < -0.3 is 24.4 Å². The first-order chi connectivity index (χ1) is 14.4. The summed E-state index contributed by atoms with van der Waals surface area (Å²) in [7, 11) is 6.87. The second-order valence-corrected chi connectivity index (χ2v) is 7.30. The molecule has 1 atom stereocenters. The van der Waals surface area contributed by atoms with Crippen molar-refractivity contribution in [2.75, 3.05) is 41.4 Å². The van der Waals surface area contributed by atoms with Crippen LogP contribution in [0.5, 0.6) is 11.5 Å². The van der Waals surface area contributed by atoms with Crippen LogP contribution in [0.3, 0.4) is 0 Å². The highest BCUT2D eigenvalue weighted by Crippen LogP contribution is 2.40. The highest BCUT2D eigenvalue weighted by atomic mass is 16.5. The van der Waals surface area contributed by atoms with Gasteiger partial charge in [0.1, 0.15) is 17.3 Å². The van der Waals surface area contributed by atoms with Crippen LogP contribution in [0.2, 0.25) is 0 Å². The monoisotopic (exact) mass is 410 g/mol. The number of Topliss-reactive ketones (excluding diaryl/α,β-unsaturated/α-hetero) is 1. The van der Waals surface area contributed by atoms with E-state index in [9.17, 15) is 14.7 Å². The molecule has 0 spiro atoms. The summed E-state index contributed by atoms with van der Waals surface area (Å²) in [5, 5.41) is 11.1. The molecule has 0 aliphatic carbocycles. The maximum absolute atomic E-state index is 13.0. The SMILES string of the molecule is COc1cccc(/C(O)=C2\C(=O)C(=O)N(CCN(C)C)[C@@H]2c2cccc(OC)c2)c1. The molecule has 0 radical (unpaired) electrons. The van der Waals surface area contributed by atoms with Crippen molar-refractivity contribution in [1.29, 1.82) is 0 Å². The van der Waals surface area contributed by atoms with Crippen molar-refractivity contribution >= 4 is 17.4 Å². The van der Waals surface area contributed by atoms with E-state index >= 15 is 0 Å². The van der Waals surface area contributed by atoms with E-state index in [1.807, 2.05) is 25.1 Å². The maximum atomic E-state index is 13.0. The van der Waals surface area contributed by atoms with Crippen LogP contribution in [0.15, 0.2) is 54.1 Å². The van der Waals surface area contributed by atoms with Gasteiger partial charge in [0.05, 0.1) is 25.8 Å². The number of hydrogen-bond donors (Lipinski definition) is 1. The average molecular weight is 410 g/mol. The van der Waals surface area contributed by atoms with Crippen molar-refractivity contribution in [3.8, 4) is 11.5 Å². The van der Waals surface area contributed by atoms with Gasteiger partial charge in [-0.15, -0.1) is 0 Å². The number of carbonyl (C=O) groups is 2. The molecule has 1 amide bonds. The number of likely N-dealkylation sites (tertiary alicyclic amines) is 1. The molecule has 2 aromatic rings. The standard InChI is InChI=1S/C23H26N2O5/c1-24(2)11-12-25-20(15-7-5-9-17(13-15)29-3)19(22(27)23(25)28)21(26)16-8-6-10-18(14-16)30-4/h5-10,13-14,20,26H,11-12H2,1-4H3/b21-19+/t20-/m1/s1. The molecule has 1 aliphatic heterocycles. The number of nitrogens with zero attached hydrogens (tertiary/aromatic N) is 2. The molecule has 0 unspecified atom stereocenters. The van der Waals surface area contributed by atoms with Gasteiger partial charge in [0, 0.05) is 18.7 Å². The number of likely N-dealkylation sites (N-methyl/N-ethyl adjacent to an activating group) is 1. The van der Waals surface area contributed by atoms with E-state index in [0.717, 1.165) is 0 Å². The molecule has 0 saturated carbocycles. The van der Waals surface area contributed by atoms with Crippen molar-refractivity contribution in [2.45, 2.75) is 6.04 Å². The summed E-state index contributed by atoms with van der Waals surface area (Å²) in [4.78, 5) is 29.3. The lowest BCUT2D eigenvalue weighted by molar-refractivity contribution is -0.140. The molecule has 0 bridgehead atoms. The summed E-state index contributed by atoms with van der Waals surface area (Å²) in [6.07, 6.45) is 0. The minimum absolute atomic E-state index is 0.0558. The molecule has 0 aromatic heterocycles. The lowest BCUT2D eigenvalue weighted by Gasteiger charge is -2.26. The van der Waals surface area contributed by atoms with Gasteiger partial charge in [-0.3, -0.25) is 9.59 Å². The topological polar surface area (TPSA) is 79.3 Å². The highest BCUT2D eigenvalue weighted by Gasteiger charge is 2.46. The predicted octanol–water partition coefficient (Wildman–Crippen LogP) is 2.69. The minimum atomic E-state index is -0.716. The number of benzene rings is 2. The Labute approximate surface area is 176 Å². The number of rotatable bonds is 7. The molecule has 1 aliphatic rings. The molecule has 1 heterocycles. The molecule has 1 saturated heterocycles. The maximum Gasteiger partial charge on any atom is 0.295 e. The van der Waals surface area contributed by atoms with Crippen LogP contribution in [0.1, 0.15) is 17.2 Å². The van der Waals surface area contributed by atoms with Crippen molar-refractivity contribution in [1.82, 2.24) is 9.80 Å². The highest BCUT2D eigenvalue weighted by molar-refractivity contribution is 6.46. The van der Waals surface area contributed by atoms with Crippen molar-refractivity contribution in [2.24, 2.45) is 0 Å². The van der Waals surface area contributed by atoms with E-state index < -0.39 is 17.7 Å². The summed E-state index contributed by atoms with van der Waals surface area (Å²) in [6, 6.07) is 13.2. The number of amides is 1. The Bertz CT molecular complexity index is 983. The average Bonchev–Trinajstić information content (AvgIpc) is 3.01. The van der Waals surface area contributed by atoms with Crippen LogP contribution in [-0.4, -0.2) is 68.0 Å². The van der Waals surface area contributed by atoms with Gasteiger partial charge in [0.2, 0.25) is 0 Å². The van der Waals surface area contributed by atoms with E-state index in [1.165, 1.54) is 12.0 Å². The van der Waals surface area contributed by atoms with Crippen LogP contribution in [0, 0.1) is 0 Å². The van der Waals surface area contributed by atoms with E-state index in [1.54, 1.807) is 49.6 Å². The number of aliphatic hydroxyl groups is 1. The van der Waals surface area contributed by atoms with Crippen LogP contribution < -0.4 is 9.47 Å². The Morgan fingerprint density at radius 3 is 2.30 bits per heavy atom. The van der Waals surface area contributed by atoms with Crippen molar-refractivity contribution in [3.05, 3.63) is 65.2 Å². The van der Waals surface area contributed by atoms with E-state index in [2.05, 4.69) is 0 Å². The number of methoxy groups -OCH3 is 2. The second-order valence-electron chi connectivity index (χ2n) is 7.30. The fourth-order valence-electron chi connectivity index (χ4n) is 3.50. The number of hydrogen-bond acceptors (Lipinski definition) is 6. The Hall–Kier alpha value is -3.32. The zero-order valence-corrected chi connectivity index (χ0v) is 17.6. The lowest BCUT2D eigenvalue weighted by atomic mass is 9.95. The first-order valence-corrected chi connectivity index (χ1v) is 9.59. The van der Waals surface area contributed by atoms with Gasteiger partial charge in [-0.2, -0.15) is 0 Å². The molecular formula is C23H26N2O5. The van der Waals surface area contributed by atoms with Crippen LogP contribution in [0.4, 0.5) is 0 Å². The van der Waals surface area contributed by atoms with Gasteiger partial charge in [-0.1, -0.05) is 24.3 Å². The van der Waals surface area contributed by atoms with Crippen LogP contribution in [0.25, 0.3) is 5.76 Å². The molecular weight excluding hydrogens is 384 g/mol. The van der Waals surface area contributed by atoms with E-state index in [-0.39, 0.29) is 11.3 Å². The fraction of sp³-hybridized carbons (Fsp3) is 0.304. The zero-order valence-electron chi connectivity index (χ0n) is 17.6. The smallest absolute Gasteiger partial charge is 0.295 e. The molecule has 2 aromatic carbocycles. The molecule has 158 valence electrons. The molecule has 3 rings (SSSR count). The number of ether oxygens (including phenoxy) is 2. The Balaban J connectivity index is 2.16. The number of carbonyl (C=O) groups excluding carboxylic acids is 2. The molecule has 1 fully saturated rings. The minimum Gasteiger partial charge on any atom is -0.507 e. The Morgan fingerprint density at radius 2 is 1.67 bits per heavy atom. The number of aliphatic hydroxyl groups excluding tert-OH is 1. The molecule has 1 N–H and O–H groups in total. The van der Waals surface area contributed by atoms with E-state index in [4.69, 9.17) is 9.47 Å². The van der Waals surface area contributed by atoms with Crippen LogP contribution >= 0.6 is 0 Å². The summed E-state index contributed by atoms with van der Waals surface area (Å²) in [5.74, 6) is -0.422. The zero-order chi connectivity index (χ0) is 21.8. The third-order valence-electron chi connectivity index (χ3n) is 5.08. The summed E-state index contributed by atoms with van der Waals surface area (Å²) in [5.41, 5.74) is 1.16. The van der Waals surface area contributed by atoms with Crippen LogP contribution in [-0.2, 0) is 9.59 Å². The fourth-order valence-corrected chi connectivity index (χ4v) is 3.50. The van der Waals surface area contributed by atoms with Gasteiger partial charge >= 0.3 is 0 Å². The van der Waals surface area contributed by atoms with Crippen molar-refractivity contribution in [3.63, 3.8) is 0 Å². The van der Waals surface area contributed by atoms with Gasteiger partial charge in [-0.05, 0) is 43.9 Å². The summed E-state index contributed by atoms with van der Waals surface area (Å²) < 4.78 is 10.5. The third-order valence-corrected chi connectivity index (χ3v) is 5.08. The quantitative estimate of drug-likeness (QED) is 0.430. The molecule has 7 nitrogen and oxygen atoms in total. The van der Waals surface area contributed by atoms with E-state index in [0.29, 0.717) is 35.7 Å². The summed E-state index contributed by atoms with van der Waals surface area (Å²) in [6.45, 7) is 0.918. The predicted molar refractivity (Wildman–Crippen MR) is 114 cm³/mol. The molecule has 7 heteroatoms. The van der Waals surface area contributed by atoms with Gasteiger partial charge in [-0.25, -0.2) is 0 Å². The Morgan fingerprint density at radius 1 is 1.03 bits per heavy atom. The normalized spacial score (nSPS) is 18.2. The van der Waals surface area contributed by atoms with Crippen molar-refractivity contribution < 1.29 is 24.2 Å². The molecule has 30 heavy (non-hydrogen) atoms. The Kier molecular flexibility index (Phi) is 6.42. The largest absolute Gasteiger partial charge is 0.507 e. The lowest BCUT2D eigenvalue weighted by Crippen LogP contribution is -2.35. The van der Waals surface area contributed by atoms with Gasteiger partial charge in [0.15, 0.2) is 0 Å². The third kappa shape index (κ3) is 4.16.